The number of hydrogen-bond acceptors (Lipinski definition) is 3. The van der Waals surface area contributed by atoms with Crippen LogP contribution in [0.25, 0.3) is 0 Å². The van der Waals surface area contributed by atoms with Crippen LogP contribution in [0.15, 0.2) is 12.1 Å². The monoisotopic (exact) mass is 166 g/mol. The smallest absolute Gasteiger partial charge is 0.160 e. The Morgan fingerprint density at radius 1 is 1.33 bits per heavy atom. The summed E-state index contributed by atoms with van der Waals surface area (Å²) < 4.78 is 0. The van der Waals surface area contributed by atoms with E-state index in [9.17, 15) is 4.79 Å². The molecular weight excluding hydrogens is 156 g/mol. The van der Waals surface area contributed by atoms with Gasteiger partial charge in [-0.1, -0.05) is 0 Å². The van der Waals surface area contributed by atoms with Gasteiger partial charge in [-0.25, -0.2) is 0 Å². The van der Waals surface area contributed by atoms with Crippen LogP contribution in [0.2, 0.25) is 0 Å². The third-order valence-corrected chi connectivity index (χ3v) is 1.69. The maximum Gasteiger partial charge on any atom is 0.160 e. The molecule has 0 radical (unpaired) electrons. The van der Waals surface area contributed by atoms with Crippen molar-refractivity contribution in [3.8, 4) is 11.5 Å². The number of phenols is 2. The van der Waals surface area contributed by atoms with Crippen LogP contribution in [0, 0.1) is 6.92 Å². The van der Waals surface area contributed by atoms with Crippen molar-refractivity contribution in [2.24, 2.45) is 0 Å². The summed E-state index contributed by atoms with van der Waals surface area (Å²) in [6.45, 7) is 3.03. The van der Waals surface area contributed by atoms with Gasteiger partial charge >= 0.3 is 0 Å². The molecule has 12 heavy (non-hydrogen) atoms. The SMILES string of the molecule is CC(=O)c1cc(C)c(O)c(O)c1. The van der Waals surface area contributed by atoms with Gasteiger partial charge in [0.25, 0.3) is 0 Å². The van der Waals surface area contributed by atoms with Crippen molar-refractivity contribution in [2.75, 3.05) is 0 Å². The van der Waals surface area contributed by atoms with Gasteiger partial charge in [-0.3, -0.25) is 4.79 Å². The minimum atomic E-state index is -0.250. The Labute approximate surface area is 70.3 Å². The van der Waals surface area contributed by atoms with E-state index in [0.717, 1.165) is 0 Å². The molecule has 0 atom stereocenters. The van der Waals surface area contributed by atoms with E-state index in [4.69, 9.17) is 10.2 Å². The summed E-state index contributed by atoms with van der Waals surface area (Å²) in [4.78, 5) is 10.9. The molecule has 1 aromatic rings. The molecule has 0 bridgehead atoms. The Kier molecular flexibility index (Phi) is 2.04. The van der Waals surface area contributed by atoms with Crippen molar-refractivity contribution in [2.45, 2.75) is 13.8 Å². The van der Waals surface area contributed by atoms with Crippen LogP contribution in [0.1, 0.15) is 22.8 Å². The van der Waals surface area contributed by atoms with Crippen molar-refractivity contribution in [1.82, 2.24) is 0 Å². The lowest BCUT2D eigenvalue weighted by Gasteiger charge is -2.03. The molecule has 0 amide bonds. The number of Topliss-reactive ketones (excluding diaryl/α,β-unsaturated/α-hetero) is 1. The van der Waals surface area contributed by atoms with Crippen molar-refractivity contribution in [1.29, 1.82) is 0 Å². The van der Waals surface area contributed by atoms with Crippen LogP contribution in [0.3, 0.4) is 0 Å². The third kappa shape index (κ3) is 1.39. The lowest BCUT2D eigenvalue weighted by Crippen LogP contribution is -1.92. The van der Waals surface area contributed by atoms with Crippen LogP contribution >= 0.6 is 0 Å². The van der Waals surface area contributed by atoms with Gasteiger partial charge in [0.15, 0.2) is 17.3 Å². The number of ketones is 1. The number of aryl methyl sites for hydroxylation is 1. The highest BCUT2D eigenvalue weighted by molar-refractivity contribution is 5.95. The second kappa shape index (κ2) is 2.85. The fourth-order valence-electron chi connectivity index (χ4n) is 0.964. The first-order valence-corrected chi connectivity index (χ1v) is 3.56. The summed E-state index contributed by atoms with van der Waals surface area (Å²) >= 11 is 0. The number of benzene rings is 1. The van der Waals surface area contributed by atoms with Gasteiger partial charge in [0.1, 0.15) is 0 Å². The first-order chi connectivity index (χ1) is 5.52. The highest BCUT2D eigenvalue weighted by Gasteiger charge is 2.07. The fraction of sp³-hybridized carbons (Fsp3) is 0.222. The molecule has 2 N–H and O–H groups in total. The molecule has 0 saturated heterocycles. The molecule has 0 spiro atoms. The van der Waals surface area contributed by atoms with Gasteiger partial charge in [-0.15, -0.1) is 0 Å². The van der Waals surface area contributed by atoms with Gasteiger partial charge in [0.2, 0.25) is 0 Å². The molecule has 0 aliphatic carbocycles. The number of aromatic hydroxyl groups is 2. The van der Waals surface area contributed by atoms with E-state index in [1.165, 1.54) is 19.1 Å². The predicted molar refractivity (Wildman–Crippen MR) is 44.5 cm³/mol. The van der Waals surface area contributed by atoms with E-state index in [1.54, 1.807) is 6.92 Å². The van der Waals surface area contributed by atoms with E-state index < -0.39 is 0 Å². The second-order valence-electron chi connectivity index (χ2n) is 2.72. The van der Waals surface area contributed by atoms with Crippen LogP contribution in [0.4, 0.5) is 0 Å². The largest absolute Gasteiger partial charge is 0.504 e. The molecule has 0 aliphatic rings. The Morgan fingerprint density at radius 2 is 1.92 bits per heavy atom. The lowest BCUT2D eigenvalue weighted by molar-refractivity contribution is 0.101. The van der Waals surface area contributed by atoms with Crippen molar-refractivity contribution in [3.63, 3.8) is 0 Å². The molecule has 1 rings (SSSR count). The molecule has 0 saturated carbocycles. The standard InChI is InChI=1S/C9H10O3/c1-5-3-7(6(2)10)4-8(11)9(5)12/h3-4,11-12H,1-2H3. The molecule has 0 heterocycles. The topological polar surface area (TPSA) is 57.5 Å². The average Bonchev–Trinajstić information content (AvgIpc) is 1.99. The molecule has 0 fully saturated rings. The van der Waals surface area contributed by atoms with Crippen molar-refractivity contribution >= 4 is 5.78 Å². The van der Waals surface area contributed by atoms with E-state index >= 15 is 0 Å². The number of carbonyl (C=O) groups is 1. The summed E-state index contributed by atoms with van der Waals surface area (Å²) in [6, 6.07) is 2.79. The van der Waals surface area contributed by atoms with Gasteiger partial charge in [-0.2, -0.15) is 0 Å². The predicted octanol–water partition coefficient (Wildman–Crippen LogP) is 1.61. The molecular formula is C9H10O3. The van der Waals surface area contributed by atoms with E-state index in [2.05, 4.69) is 0 Å². The van der Waals surface area contributed by atoms with Crippen LogP contribution in [-0.2, 0) is 0 Å². The van der Waals surface area contributed by atoms with Crippen LogP contribution in [0.5, 0.6) is 11.5 Å². The quantitative estimate of drug-likeness (QED) is 0.492. The van der Waals surface area contributed by atoms with Gasteiger partial charge < -0.3 is 10.2 Å². The zero-order chi connectivity index (χ0) is 9.30. The Balaban J connectivity index is 3.31. The van der Waals surface area contributed by atoms with Crippen LogP contribution in [-0.4, -0.2) is 16.0 Å². The fourth-order valence-corrected chi connectivity index (χ4v) is 0.964. The first kappa shape index (κ1) is 8.59. The van der Waals surface area contributed by atoms with Crippen molar-refractivity contribution in [3.05, 3.63) is 23.3 Å². The summed E-state index contributed by atoms with van der Waals surface area (Å²) in [7, 11) is 0. The van der Waals surface area contributed by atoms with Crippen LogP contribution < -0.4 is 0 Å². The Bertz CT molecular complexity index is 306. The molecule has 3 heteroatoms. The lowest BCUT2D eigenvalue weighted by atomic mass is 10.1. The normalized spacial score (nSPS) is 9.83. The van der Waals surface area contributed by atoms with Gasteiger partial charge in [0, 0.05) is 5.56 Å². The molecule has 1 aromatic carbocycles. The number of carbonyl (C=O) groups excluding carboxylic acids is 1. The maximum atomic E-state index is 10.9. The summed E-state index contributed by atoms with van der Waals surface area (Å²) in [6.07, 6.45) is 0. The molecule has 0 aliphatic heterocycles. The second-order valence-corrected chi connectivity index (χ2v) is 2.72. The first-order valence-electron chi connectivity index (χ1n) is 3.56. The molecule has 0 unspecified atom stereocenters. The van der Waals surface area contributed by atoms with E-state index in [1.807, 2.05) is 0 Å². The van der Waals surface area contributed by atoms with Crippen molar-refractivity contribution < 1.29 is 15.0 Å². The number of rotatable bonds is 1. The third-order valence-electron chi connectivity index (χ3n) is 1.69. The Hall–Kier alpha value is -1.51. The zero-order valence-corrected chi connectivity index (χ0v) is 6.96. The average molecular weight is 166 g/mol. The minimum absolute atomic E-state index is 0.131. The molecule has 3 nitrogen and oxygen atoms in total. The molecule has 0 aromatic heterocycles. The number of hydrogen-bond donors (Lipinski definition) is 2. The highest BCUT2D eigenvalue weighted by Crippen LogP contribution is 2.29. The molecule has 64 valence electrons. The number of phenolic OH excluding ortho intramolecular Hbond substituents is 2. The van der Waals surface area contributed by atoms with Gasteiger partial charge in [0.05, 0.1) is 0 Å². The maximum absolute atomic E-state index is 10.9. The Morgan fingerprint density at radius 3 is 2.33 bits per heavy atom. The summed E-state index contributed by atoms with van der Waals surface area (Å²) in [5.74, 6) is -0.548. The minimum Gasteiger partial charge on any atom is -0.504 e. The van der Waals surface area contributed by atoms with Gasteiger partial charge in [-0.05, 0) is 31.5 Å². The van der Waals surface area contributed by atoms with E-state index in [0.29, 0.717) is 11.1 Å². The zero-order valence-electron chi connectivity index (χ0n) is 6.96. The highest BCUT2D eigenvalue weighted by atomic mass is 16.3. The summed E-state index contributed by atoms with van der Waals surface area (Å²) in [5, 5.41) is 18.3. The summed E-state index contributed by atoms with van der Waals surface area (Å²) in [5.41, 5.74) is 0.906. The van der Waals surface area contributed by atoms with E-state index in [-0.39, 0.29) is 17.3 Å².